The topological polar surface area (TPSA) is 43.6 Å². The molecule has 0 spiro atoms. The van der Waals surface area contributed by atoms with Gasteiger partial charge >= 0.3 is 0 Å². The molecule has 2 aromatic rings. The van der Waals surface area contributed by atoms with Crippen molar-refractivity contribution in [3.63, 3.8) is 0 Å². The van der Waals surface area contributed by atoms with Gasteiger partial charge in [0.05, 0.1) is 0 Å². The lowest BCUT2D eigenvalue weighted by molar-refractivity contribution is 0.787. The fourth-order valence-corrected chi connectivity index (χ4v) is 2.35. The van der Waals surface area contributed by atoms with Crippen LogP contribution in [0.5, 0.6) is 0 Å². The van der Waals surface area contributed by atoms with Crippen LogP contribution in [0.4, 0.5) is 0 Å². The maximum absolute atomic E-state index is 6.07. The van der Waals surface area contributed by atoms with Crippen molar-refractivity contribution < 1.29 is 0 Å². The average molecular weight is 420 g/mol. The van der Waals surface area contributed by atoms with Crippen LogP contribution < -0.4 is 0 Å². The van der Waals surface area contributed by atoms with Crippen molar-refractivity contribution >= 4 is 67.8 Å². The number of aromatic nitrogens is 4. The number of nitrogens with zero attached hydrogens (tertiary/aromatic N) is 4. The molecule has 2 rings (SSSR count). The molecule has 0 fully saturated rings. The molecule has 0 amide bonds. The first-order valence-electron chi connectivity index (χ1n) is 3.31. The minimum absolute atomic E-state index is 0.614. The third kappa shape index (κ3) is 1.52. The Hall–Kier alpha value is 0.300. The second-order valence-corrected chi connectivity index (χ2v) is 4.84. The van der Waals surface area contributed by atoms with Gasteiger partial charge in [-0.25, -0.2) is 0 Å². The summed E-state index contributed by atoms with van der Waals surface area (Å²) >= 11 is 10.2. The minimum atomic E-state index is 0.614. The maximum Gasteiger partial charge on any atom is 0.151 e. The van der Waals surface area contributed by atoms with Crippen LogP contribution in [0.3, 0.4) is 0 Å². The second kappa shape index (κ2) is 3.46. The SMILES string of the molecule is Cn1nc(I)c2nnc(I)c(Cl)c21. The molecule has 0 saturated heterocycles. The molecule has 0 aliphatic carbocycles. The van der Waals surface area contributed by atoms with Gasteiger partial charge in [0.15, 0.2) is 3.70 Å². The van der Waals surface area contributed by atoms with E-state index in [-0.39, 0.29) is 0 Å². The summed E-state index contributed by atoms with van der Waals surface area (Å²) in [7, 11) is 1.84. The van der Waals surface area contributed by atoms with E-state index in [1.54, 1.807) is 4.68 Å². The third-order valence-electron chi connectivity index (χ3n) is 1.61. The van der Waals surface area contributed by atoms with E-state index in [1.165, 1.54) is 0 Å². The van der Waals surface area contributed by atoms with Crippen LogP contribution in [0.1, 0.15) is 0 Å². The molecule has 0 aromatic carbocycles. The highest BCUT2D eigenvalue weighted by atomic mass is 127. The third-order valence-corrected chi connectivity index (χ3v) is 3.77. The van der Waals surface area contributed by atoms with E-state index in [1.807, 2.05) is 29.6 Å². The van der Waals surface area contributed by atoms with Crippen LogP contribution in [-0.4, -0.2) is 20.0 Å². The summed E-state index contributed by atoms with van der Waals surface area (Å²) in [6.45, 7) is 0. The predicted molar refractivity (Wildman–Crippen MR) is 66.7 cm³/mol. The quantitative estimate of drug-likeness (QED) is 0.614. The average Bonchev–Trinajstić information content (AvgIpc) is 2.35. The van der Waals surface area contributed by atoms with Gasteiger partial charge in [0.25, 0.3) is 0 Å². The number of hydrogen-bond acceptors (Lipinski definition) is 3. The van der Waals surface area contributed by atoms with Gasteiger partial charge in [-0.2, -0.15) is 5.10 Å². The number of rotatable bonds is 0. The van der Waals surface area contributed by atoms with Gasteiger partial charge in [0.2, 0.25) is 0 Å². The Balaban J connectivity index is 2.98. The van der Waals surface area contributed by atoms with Gasteiger partial charge in [0.1, 0.15) is 19.8 Å². The summed E-state index contributed by atoms with van der Waals surface area (Å²) in [5, 5.41) is 12.8. The Kier molecular flexibility index (Phi) is 2.62. The molecule has 4 nitrogen and oxygen atoms in total. The monoisotopic (exact) mass is 420 g/mol. The highest BCUT2D eigenvalue weighted by Crippen LogP contribution is 2.26. The summed E-state index contributed by atoms with van der Waals surface area (Å²) in [5.41, 5.74) is 1.60. The van der Waals surface area contributed by atoms with E-state index >= 15 is 0 Å². The van der Waals surface area contributed by atoms with Crippen LogP contribution >= 0.6 is 56.8 Å². The van der Waals surface area contributed by atoms with Crippen LogP contribution in [0, 0.1) is 7.40 Å². The molecule has 7 heteroatoms. The largest absolute Gasteiger partial charge is 0.264 e. The number of aryl methyl sites for hydroxylation is 1. The molecule has 13 heavy (non-hydrogen) atoms. The Morgan fingerprint density at radius 2 is 1.92 bits per heavy atom. The van der Waals surface area contributed by atoms with E-state index in [4.69, 9.17) is 11.6 Å². The molecule has 0 aliphatic rings. The van der Waals surface area contributed by atoms with Crippen LogP contribution in [-0.2, 0) is 7.05 Å². The summed E-state index contributed by atoms with van der Waals surface area (Å²) in [6, 6.07) is 0. The van der Waals surface area contributed by atoms with Crippen molar-refractivity contribution in [2.75, 3.05) is 0 Å². The zero-order valence-electron chi connectivity index (χ0n) is 6.42. The van der Waals surface area contributed by atoms with Crippen LogP contribution in [0.25, 0.3) is 11.0 Å². The van der Waals surface area contributed by atoms with Crippen LogP contribution in [0.15, 0.2) is 0 Å². The zero-order chi connectivity index (χ0) is 9.59. The molecular weight excluding hydrogens is 417 g/mol. The molecule has 0 atom stereocenters. The van der Waals surface area contributed by atoms with Crippen molar-refractivity contribution in [1.29, 1.82) is 0 Å². The molecule has 0 saturated carbocycles. The Morgan fingerprint density at radius 1 is 1.23 bits per heavy atom. The normalized spacial score (nSPS) is 11.1. The van der Waals surface area contributed by atoms with Crippen molar-refractivity contribution in [2.24, 2.45) is 7.05 Å². The first kappa shape index (κ1) is 9.84. The fourth-order valence-electron chi connectivity index (χ4n) is 1.05. The van der Waals surface area contributed by atoms with Gasteiger partial charge in [0, 0.05) is 7.05 Å². The zero-order valence-corrected chi connectivity index (χ0v) is 11.5. The summed E-state index contributed by atoms with van der Waals surface area (Å²) in [4.78, 5) is 0. The summed E-state index contributed by atoms with van der Waals surface area (Å²) in [6.07, 6.45) is 0. The molecular formula is C6H3ClI2N4. The van der Waals surface area contributed by atoms with Crippen molar-refractivity contribution in [1.82, 2.24) is 20.0 Å². The minimum Gasteiger partial charge on any atom is -0.264 e. The predicted octanol–water partition coefficient (Wildman–Crippen LogP) is 2.23. The molecule has 0 bridgehead atoms. The number of fused-ring (bicyclic) bond motifs is 1. The summed E-state index contributed by atoms with van der Waals surface area (Å²) in [5.74, 6) is 0. The molecule has 0 radical (unpaired) electrons. The van der Waals surface area contributed by atoms with Gasteiger partial charge in [-0.05, 0) is 45.2 Å². The van der Waals surface area contributed by atoms with E-state index < -0.39 is 0 Å². The van der Waals surface area contributed by atoms with E-state index in [0.29, 0.717) is 8.72 Å². The lowest BCUT2D eigenvalue weighted by atomic mass is 10.4. The molecule has 2 aromatic heterocycles. The van der Waals surface area contributed by atoms with Crippen molar-refractivity contribution in [2.45, 2.75) is 0 Å². The maximum atomic E-state index is 6.07. The van der Waals surface area contributed by atoms with Gasteiger partial charge in [-0.3, -0.25) is 4.68 Å². The highest BCUT2D eigenvalue weighted by molar-refractivity contribution is 14.1. The highest BCUT2D eigenvalue weighted by Gasteiger charge is 2.14. The molecule has 0 aliphatic heterocycles. The fraction of sp³-hybridized carbons (Fsp3) is 0.167. The molecule has 0 unspecified atom stereocenters. The van der Waals surface area contributed by atoms with Crippen molar-refractivity contribution in [3.05, 3.63) is 12.4 Å². The standard InChI is InChI=1S/C6H3ClI2N4/c1-13-4-2(7)5(8)11-10-3(4)6(9)12-13/h1H3. The smallest absolute Gasteiger partial charge is 0.151 e. The van der Waals surface area contributed by atoms with Gasteiger partial charge in [-0.15, -0.1) is 10.2 Å². The molecule has 68 valence electrons. The lowest BCUT2D eigenvalue weighted by Crippen LogP contribution is -1.94. The Bertz CT molecular complexity index is 481. The first-order valence-corrected chi connectivity index (χ1v) is 5.84. The summed E-state index contributed by atoms with van der Waals surface area (Å²) < 4.78 is 3.24. The lowest BCUT2D eigenvalue weighted by Gasteiger charge is -1.97. The van der Waals surface area contributed by atoms with Gasteiger partial charge in [-0.1, -0.05) is 11.6 Å². The Morgan fingerprint density at radius 3 is 2.62 bits per heavy atom. The first-order chi connectivity index (χ1) is 6.11. The Labute approximate surface area is 106 Å². The van der Waals surface area contributed by atoms with Gasteiger partial charge < -0.3 is 0 Å². The number of halogens is 3. The van der Waals surface area contributed by atoms with E-state index in [2.05, 4.69) is 37.9 Å². The van der Waals surface area contributed by atoms with Crippen molar-refractivity contribution in [3.8, 4) is 0 Å². The molecule has 0 N–H and O–H groups in total. The number of hydrogen-bond donors (Lipinski definition) is 0. The van der Waals surface area contributed by atoms with E-state index in [0.717, 1.165) is 14.7 Å². The van der Waals surface area contributed by atoms with E-state index in [9.17, 15) is 0 Å². The van der Waals surface area contributed by atoms with Crippen LogP contribution in [0.2, 0.25) is 5.02 Å². The second-order valence-electron chi connectivity index (χ2n) is 2.42. The molecule has 2 heterocycles.